The molecule has 0 aliphatic heterocycles. The fourth-order valence-electron chi connectivity index (χ4n) is 3.12. The summed E-state index contributed by atoms with van der Waals surface area (Å²) in [7, 11) is 2.02. The maximum atomic E-state index is 13.4. The number of hydrogen-bond donors (Lipinski definition) is 0. The SMILES string of the molecule is Cc1ccc(-c2c(C)ccc3c2oc2nc(F)ccc23)[n+](C)c1. The molecule has 1 aromatic carbocycles. The van der Waals surface area contributed by atoms with Gasteiger partial charge in [0.2, 0.25) is 17.4 Å². The monoisotopic (exact) mass is 307 g/mol. The molecular weight excluding hydrogens is 291 g/mol. The number of furan rings is 1. The lowest BCUT2D eigenvalue weighted by Gasteiger charge is -2.05. The molecule has 3 aromatic heterocycles. The molecule has 0 N–H and O–H groups in total. The molecule has 4 heteroatoms. The van der Waals surface area contributed by atoms with Crippen LogP contribution in [0, 0.1) is 19.8 Å². The Kier molecular flexibility index (Phi) is 2.94. The molecule has 4 rings (SSSR count). The summed E-state index contributed by atoms with van der Waals surface area (Å²) in [6.45, 7) is 4.11. The summed E-state index contributed by atoms with van der Waals surface area (Å²) < 4.78 is 21.4. The van der Waals surface area contributed by atoms with Crippen LogP contribution in [0.4, 0.5) is 4.39 Å². The van der Waals surface area contributed by atoms with E-state index in [-0.39, 0.29) is 0 Å². The van der Waals surface area contributed by atoms with E-state index in [4.69, 9.17) is 4.42 Å². The van der Waals surface area contributed by atoms with E-state index in [0.29, 0.717) is 5.71 Å². The number of nitrogens with zero attached hydrogens (tertiary/aromatic N) is 2. The molecule has 3 nitrogen and oxygen atoms in total. The highest BCUT2D eigenvalue weighted by Gasteiger charge is 2.20. The van der Waals surface area contributed by atoms with Gasteiger partial charge in [-0.3, -0.25) is 0 Å². The average Bonchev–Trinajstić information content (AvgIpc) is 2.85. The molecule has 23 heavy (non-hydrogen) atoms. The van der Waals surface area contributed by atoms with Crippen LogP contribution in [0.1, 0.15) is 11.1 Å². The minimum absolute atomic E-state index is 0.335. The van der Waals surface area contributed by atoms with Crippen molar-refractivity contribution in [2.24, 2.45) is 7.05 Å². The average molecular weight is 307 g/mol. The Labute approximate surface area is 133 Å². The van der Waals surface area contributed by atoms with Gasteiger partial charge in [0, 0.05) is 22.4 Å². The van der Waals surface area contributed by atoms with Crippen LogP contribution in [-0.4, -0.2) is 4.98 Å². The largest absolute Gasteiger partial charge is 0.437 e. The summed E-state index contributed by atoms with van der Waals surface area (Å²) in [5.41, 5.74) is 5.45. The van der Waals surface area contributed by atoms with Crippen molar-refractivity contribution in [2.45, 2.75) is 13.8 Å². The number of fused-ring (bicyclic) bond motifs is 3. The molecule has 0 saturated carbocycles. The molecule has 0 aliphatic rings. The van der Waals surface area contributed by atoms with Gasteiger partial charge in [-0.1, -0.05) is 12.1 Å². The van der Waals surface area contributed by atoms with Gasteiger partial charge in [0.1, 0.15) is 7.05 Å². The molecule has 3 heterocycles. The number of pyridine rings is 2. The molecule has 0 unspecified atom stereocenters. The van der Waals surface area contributed by atoms with Gasteiger partial charge in [0.15, 0.2) is 11.8 Å². The van der Waals surface area contributed by atoms with Crippen LogP contribution < -0.4 is 4.57 Å². The first-order valence-electron chi connectivity index (χ1n) is 7.49. The minimum atomic E-state index is -0.532. The third kappa shape index (κ3) is 2.10. The van der Waals surface area contributed by atoms with Crippen LogP contribution in [0.25, 0.3) is 33.3 Å². The van der Waals surface area contributed by atoms with E-state index in [0.717, 1.165) is 33.2 Å². The quantitative estimate of drug-likeness (QED) is 0.389. The van der Waals surface area contributed by atoms with Crippen molar-refractivity contribution in [3.63, 3.8) is 0 Å². The second-order valence-corrected chi connectivity index (χ2v) is 5.93. The molecule has 0 amide bonds. The van der Waals surface area contributed by atoms with Gasteiger partial charge in [-0.25, -0.2) is 4.57 Å². The lowest BCUT2D eigenvalue weighted by atomic mass is 10.0. The van der Waals surface area contributed by atoms with Crippen molar-refractivity contribution >= 4 is 22.1 Å². The van der Waals surface area contributed by atoms with Gasteiger partial charge in [0.25, 0.3) is 0 Å². The summed E-state index contributed by atoms with van der Waals surface area (Å²) in [6, 6.07) is 11.3. The summed E-state index contributed by atoms with van der Waals surface area (Å²) in [5.74, 6) is -0.532. The highest BCUT2D eigenvalue weighted by atomic mass is 19.1. The Morgan fingerprint density at radius 1 is 1.00 bits per heavy atom. The van der Waals surface area contributed by atoms with E-state index in [9.17, 15) is 4.39 Å². The summed E-state index contributed by atoms with van der Waals surface area (Å²) >= 11 is 0. The van der Waals surface area contributed by atoms with E-state index >= 15 is 0 Å². The number of rotatable bonds is 1. The molecule has 0 atom stereocenters. The van der Waals surface area contributed by atoms with Crippen molar-refractivity contribution in [3.05, 3.63) is 59.7 Å². The van der Waals surface area contributed by atoms with Crippen molar-refractivity contribution in [2.75, 3.05) is 0 Å². The first-order chi connectivity index (χ1) is 11.0. The van der Waals surface area contributed by atoms with Crippen LogP contribution in [0.15, 0.2) is 47.0 Å². The van der Waals surface area contributed by atoms with Crippen molar-refractivity contribution in [1.29, 1.82) is 0 Å². The first-order valence-corrected chi connectivity index (χ1v) is 7.49. The standard InChI is InChI=1S/C19H16FN2O/c1-11-4-8-15(22(3)10-11)17-12(2)5-6-13-14-7-9-16(20)21-19(14)23-18(13)17/h4-10H,1-3H3/q+1. The maximum absolute atomic E-state index is 13.4. The zero-order valence-corrected chi connectivity index (χ0v) is 13.2. The van der Waals surface area contributed by atoms with Crippen molar-refractivity contribution in [3.8, 4) is 11.3 Å². The number of halogens is 1. The predicted octanol–water partition coefficient (Wildman–Crippen LogP) is 4.23. The van der Waals surface area contributed by atoms with Crippen LogP contribution in [0.5, 0.6) is 0 Å². The minimum Gasteiger partial charge on any atom is -0.437 e. The van der Waals surface area contributed by atoms with E-state index < -0.39 is 5.95 Å². The third-order valence-corrected chi connectivity index (χ3v) is 4.22. The highest BCUT2D eigenvalue weighted by Crippen LogP contribution is 2.36. The summed E-state index contributed by atoms with van der Waals surface area (Å²) in [5, 5.41) is 1.78. The van der Waals surface area contributed by atoms with Crippen LogP contribution >= 0.6 is 0 Å². The molecule has 4 aromatic rings. The van der Waals surface area contributed by atoms with Gasteiger partial charge in [-0.05, 0) is 37.6 Å². The second-order valence-electron chi connectivity index (χ2n) is 5.93. The van der Waals surface area contributed by atoms with Gasteiger partial charge in [-0.15, -0.1) is 0 Å². The lowest BCUT2D eigenvalue weighted by Crippen LogP contribution is -2.31. The Morgan fingerprint density at radius 2 is 1.78 bits per heavy atom. The van der Waals surface area contributed by atoms with Crippen molar-refractivity contribution in [1.82, 2.24) is 4.98 Å². The summed E-state index contributed by atoms with van der Waals surface area (Å²) in [4.78, 5) is 3.87. The first kappa shape index (κ1) is 13.9. The van der Waals surface area contributed by atoms with Crippen LogP contribution in [0.3, 0.4) is 0 Å². The summed E-state index contributed by atoms with van der Waals surface area (Å²) in [6.07, 6.45) is 2.08. The maximum Gasteiger partial charge on any atom is 0.229 e. The number of aryl methyl sites for hydroxylation is 3. The number of hydrogen-bond acceptors (Lipinski definition) is 2. The zero-order chi connectivity index (χ0) is 16.1. The predicted molar refractivity (Wildman–Crippen MR) is 87.6 cm³/mol. The molecule has 0 spiro atoms. The molecule has 114 valence electrons. The van der Waals surface area contributed by atoms with E-state index in [1.165, 1.54) is 11.6 Å². The number of benzene rings is 1. The molecule has 0 fully saturated rings. The van der Waals surface area contributed by atoms with Gasteiger partial charge in [-0.2, -0.15) is 9.37 Å². The van der Waals surface area contributed by atoms with E-state index in [1.807, 2.05) is 13.1 Å². The topological polar surface area (TPSA) is 29.9 Å². The zero-order valence-electron chi connectivity index (χ0n) is 13.2. The molecule has 0 bridgehead atoms. The Balaban J connectivity index is 2.13. The van der Waals surface area contributed by atoms with E-state index in [1.54, 1.807) is 6.07 Å². The van der Waals surface area contributed by atoms with Crippen LogP contribution in [-0.2, 0) is 7.05 Å². The fraction of sp³-hybridized carbons (Fsp3) is 0.158. The van der Waals surface area contributed by atoms with Gasteiger partial charge >= 0.3 is 0 Å². The Hall–Kier alpha value is -2.75. The normalized spacial score (nSPS) is 11.5. The Bertz CT molecular complexity index is 1070. The third-order valence-electron chi connectivity index (χ3n) is 4.22. The molecule has 0 radical (unpaired) electrons. The molecule has 0 aliphatic carbocycles. The van der Waals surface area contributed by atoms with Gasteiger partial charge in [0.05, 0.1) is 5.56 Å². The van der Waals surface area contributed by atoms with Crippen LogP contribution in [0.2, 0.25) is 0 Å². The second kappa shape index (κ2) is 4.88. The molecule has 0 saturated heterocycles. The van der Waals surface area contributed by atoms with Gasteiger partial charge < -0.3 is 4.42 Å². The van der Waals surface area contributed by atoms with E-state index in [2.05, 4.69) is 47.8 Å². The molecular formula is C19H16FN2O+. The fourth-order valence-corrected chi connectivity index (χ4v) is 3.12. The van der Waals surface area contributed by atoms with Crippen molar-refractivity contribution < 1.29 is 13.4 Å². The lowest BCUT2D eigenvalue weighted by molar-refractivity contribution is -0.660. The highest BCUT2D eigenvalue weighted by molar-refractivity contribution is 6.08. The number of aromatic nitrogens is 2. The smallest absolute Gasteiger partial charge is 0.229 e. The Morgan fingerprint density at radius 3 is 2.57 bits per heavy atom.